The lowest BCUT2D eigenvalue weighted by Crippen LogP contribution is -2.22. The molecule has 0 spiro atoms. The van der Waals surface area contributed by atoms with Gasteiger partial charge >= 0.3 is 0 Å². The first-order valence-corrected chi connectivity index (χ1v) is 3.71. The van der Waals surface area contributed by atoms with E-state index in [4.69, 9.17) is 11.5 Å². The first-order chi connectivity index (χ1) is 5.18. The summed E-state index contributed by atoms with van der Waals surface area (Å²) < 4.78 is 0. The third-order valence-electron chi connectivity index (χ3n) is 1.38. The van der Waals surface area contributed by atoms with Crippen LogP contribution in [0.25, 0.3) is 0 Å². The quantitative estimate of drug-likeness (QED) is 0.406. The number of amides is 1. The summed E-state index contributed by atoms with van der Waals surface area (Å²) in [7, 11) is 0. The number of hydrogen-bond acceptors (Lipinski definition) is 3. The van der Waals surface area contributed by atoms with Gasteiger partial charge in [-0.15, -0.1) is 0 Å². The summed E-state index contributed by atoms with van der Waals surface area (Å²) in [5.41, 5.74) is 9.97. The Morgan fingerprint density at radius 2 is 1.73 bits per heavy atom. The molecule has 0 atom stereocenters. The van der Waals surface area contributed by atoms with Crippen LogP contribution < -0.4 is 11.5 Å². The van der Waals surface area contributed by atoms with E-state index in [1.165, 1.54) is 0 Å². The van der Waals surface area contributed by atoms with Crippen LogP contribution in [0.5, 0.6) is 0 Å². The van der Waals surface area contributed by atoms with Crippen LogP contribution in [0.1, 0.15) is 25.7 Å². The average molecular weight is 158 g/mol. The minimum atomic E-state index is -0.835. The lowest BCUT2D eigenvalue weighted by Gasteiger charge is -1.95. The Kier molecular flexibility index (Phi) is 5.37. The molecular formula is C7H14N2O2. The fraction of sp³-hybridized carbons (Fsp3) is 0.714. The maximum Gasteiger partial charge on any atom is 0.284 e. The summed E-state index contributed by atoms with van der Waals surface area (Å²) in [4.78, 5) is 20.8. The van der Waals surface area contributed by atoms with Gasteiger partial charge in [-0.25, -0.2) is 0 Å². The van der Waals surface area contributed by atoms with Gasteiger partial charge in [-0.2, -0.15) is 0 Å². The molecule has 1 amide bonds. The van der Waals surface area contributed by atoms with Crippen molar-refractivity contribution in [2.24, 2.45) is 11.5 Å². The van der Waals surface area contributed by atoms with Crippen LogP contribution in [0.4, 0.5) is 0 Å². The second-order valence-corrected chi connectivity index (χ2v) is 2.39. The van der Waals surface area contributed by atoms with Crippen LogP contribution in [-0.4, -0.2) is 18.2 Å². The van der Waals surface area contributed by atoms with Gasteiger partial charge in [0, 0.05) is 6.42 Å². The zero-order valence-electron chi connectivity index (χ0n) is 6.51. The predicted octanol–water partition coefficient (Wildman–Crippen LogP) is -0.440. The summed E-state index contributed by atoms with van der Waals surface area (Å²) in [6.45, 7) is 0.630. The number of rotatable bonds is 6. The lowest BCUT2D eigenvalue weighted by atomic mass is 10.1. The molecule has 0 saturated heterocycles. The molecule has 0 aromatic carbocycles. The van der Waals surface area contributed by atoms with Crippen molar-refractivity contribution in [3.8, 4) is 0 Å². The molecule has 0 unspecified atom stereocenters. The summed E-state index contributed by atoms with van der Waals surface area (Å²) >= 11 is 0. The third-order valence-corrected chi connectivity index (χ3v) is 1.38. The average Bonchev–Trinajstić information content (AvgIpc) is 1.97. The van der Waals surface area contributed by atoms with E-state index in [9.17, 15) is 9.59 Å². The zero-order chi connectivity index (χ0) is 8.69. The van der Waals surface area contributed by atoms with E-state index in [0.717, 1.165) is 12.8 Å². The second-order valence-electron chi connectivity index (χ2n) is 2.39. The molecule has 4 N–H and O–H groups in total. The maximum atomic E-state index is 10.6. The fourth-order valence-electron chi connectivity index (χ4n) is 0.730. The summed E-state index contributed by atoms with van der Waals surface area (Å²) in [6, 6.07) is 0. The number of unbranched alkanes of at least 4 members (excludes halogenated alkanes) is 2. The number of carbonyl (C=O) groups is 2. The largest absolute Gasteiger partial charge is 0.363 e. The molecule has 0 fully saturated rings. The Balaban J connectivity index is 3.25. The van der Waals surface area contributed by atoms with Gasteiger partial charge in [0.2, 0.25) is 5.78 Å². The highest BCUT2D eigenvalue weighted by molar-refractivity contribution is 6.35. The molecule has 0 aliphatic carbocycles. The van der Waals surface area contributed by atoms with Crippen molar-refractivity contribution in [1.29, 1.82) is 0 Å². The number of carbonyl (C=O) groups excluding carboxylic acids is 2. The van der Waals surface area contributed by atoms with Gasteiger partial charge < -0.3 is 11.5 Å². The van der Waals surface area contributed by atoms with Crippen LogP contribution in [0.15, 0.2) is 0 Å². The van der Waals surface area contributed by atoms with Gasteiger partial charge in [0.05, 0.1) is 0 Å². The Hall–Kier alpha value is -0.900. The van der Waals surface area contributed by atoms with E-state index >= 15 is 0 Å². The molecule has 4 nitrogen and oxygen atoms in total. The molecule has 0 rings (SSSR count). The summed E-state index contributed by atoms with van der Waals surface area (Å²) in [5, 5.41) is 0. The van der Waals surface area contributed by atoms with Crippen LogP contribution in [-0.2, 0) is 9.59 Å². The Bertz CT molecular complexity index is 145. The highest BCUT2D eigenvalue weighted by atomic mass is 16.2. The maximum absolute atomic E-state index is 10.6. The Morgan fingerprint density at radius 3 is 2.18 bits per heavy atom. The highest BCUT2D eigenvalue weighted by Crippen LogP contribution is 1.98. The zero-order valence-corrected chi connectivity index (χ0v) is 6.51. The molecule has 0 bridgehead atoms. The Morgan fingerprint density at radius 1 is 1.09 bits per heavy atom. The molecule has 0 aromatic heterocycles. The normalized spacial score (nSPS) is 9.55. The van der Waals surface area contributed by atoms with Crippen molar-refractivity contribution in [3.05, 3.63) is 0 Å². The van der Waals surface area contributed by atoms with Gasteiger partial charge in [0.25, 0.3) is 5.91 Å². The van der Waals surface area contributed by atoms with E-state index in [-0.39, 0.29) is 6.42 Å². The number of nitrogens with two attached hydrogens (primary N) is 2. The molecule has 0 aromatic rings. The van der Waals surface area contributed by atoms with Gasteiger partial charge in [0.1, 0.15) is 0 Å². The van der Waals surface area contributed by atoms with Crippen molar-refractivity contribution < 1.29 is 9.59 Å². The third kappa shape index (κ3) is 5.54. The monoisotopic (exact) mass is 158 g/mol. The van der Waals surface area contributed by atoms with Crippen molar-refractivity contribution in [2.45, 2.75) is 25.7 Å². The number of primary amides is 1. The lowest BCUT2D eigenvalue weighted by molar-refractivity contribution is -0.136. The molecule has 4 heteroatoms. The van der Waals surface area contributed by atoms with E-state index in [1.807, 2.05) is 0 Å². The fourth-order valence-corrected chi connectivity index (χ4v) is 0.730. The van der Waals surface area contributed by atoms with Crippen LogP contribution in [0.2, 0.25) is 0 Å². The molecule has 0 heterocycles. The van der Waals surface area contributed by atoms with Crippen LogP contribution in [0, 0.1) is 0 Å². The van der Waals surface area contributed by atoms with Crippen molar-refractivity contribution in [2.75, 3.05) is 6.54 Å². The molecule has 0 aliphatic rings. The summed E-state index contributed by atoms with van der Waals surface area (Å²) in [6.07, 6.45) is 2.75. The minimum Gasteiger partial charge on any atom is -0.363 e. The molecule has 0 aliphatic heterocycles. The summed E-state index contributed by atoms with van der Waals surface area (Å²) in [5.74, 6) is -1.32. The molecule has 0 radical (unpaired) electrons. The van der Waals surface area contributed by atoms with E-state index in [0.29, 0.717) is 13.0 Å². The SMILES string of the molecule is NCCCCCC(=O)C(N)=O. The standard InChI is InChI=1S/C7H14N2O2/c8-5-3-1-2-4-6(10)7(9)11/h1-5,8H2,(H2,9,11). The van der Waals surface area contributed by atoms with E-state index in [2.05, 4.69) is 0 Å². The minimum absolute atomic E-state index is 0.259. The van der Waals surface area contributed by atoms with Crippen LogP contribution >= 0.6 is 0 Å². The van der Waals surface area contributed by atoms with Crippen molar-refractivity contribution in [3.63, 3.8) is 0 Å². The van der Waals surface area contributed by atoms with Gasteiger partial charge in [-0.05, 0) is 19.4 Å². The molecule has 0 saturated carbocycles. The van der Waals surface area contributed by atoms with Gasteiger partial charge in [0.15, 0.2) is 0 Å². The second kappa shape index (κ2) is 5.85. The number of Topliss-reactive ketones (excluding diaryl/α,β-unsaturated/α-hetero) is 1. The number of hydrogen-bond donors (Lipinski definition) is 2. The molecule has 64 valence electrons. The first-order valence-electron chi connectivity index (χ1n) is 3.71. The van der Waals surface area contributed by atoms with E-state index in [1.54, 1.807) is 0 Å². The van der Waals surface area contributed by atoms with E-state index < -0.39 is 11.7 Å². The van der Waals surface area contributed by atoms with Gasteiger partial charge in [-0.1, -0.05) is 6.42 Å². The Labute approximate surface area is 65.9 Å². The van der Waals surface area contributed by atoms with Crippen molar-refractivity contribution >= 4 is 11.7 Å². The molecule has 11 heavy (non-hydrogen) atoms. The van der Waals surface area contributed by atoms with Crippen molar-refractivity contribution in [1.82, 2.24) is 0 Å². The highest BCUT2D eigenvalue weighted by Gasteiger charge is 2.06. The molecular weight excluding hydrogens is 144 g/mol. The van der Waals surface area contributed by atoms with Gasteiger partial charge in [-0.3, -0.25) is 9.59 Å². The first kappa shape index (κ1) is 10.1. The number of ketones is 1. The topological polar surface area (TPSA) is 86.2 Å². The predicted molar refractivity (Wildman–Crippen MR) is 41.7 cm³/mol. The smallest absolute Gasteiger partial charge is 0.284 e. The van der Waals surface area contributed by atoms with Crippen LogP contribution in [0.3, 0.4) is 0 Å².